The van der Waals surface area contributed by atoms with Gasteiger partial charge in [0.2, 0.25) is 5.89 Å². The van der Waals surface area contributed by atoms with Crippen molar-refractivity contribution in [2.45, 2.75) is 13.3 Å². The zero-order valence-electron chi connectivity index (χ0n) is 14.2. The number of amides is 1. The number of aryl methyl sites for hydroxylation is 2. The van der Waals surface area contributed by atoms with E-state index in [-0.39, 0.29) is 5.91 Å². The average Bonchev–Trinajstić information content (AvgIpc) is 3.18. The summed E-state index contributed by atoms with van der Waals surface area (Å²) in [5.41, 5.74) is 1.11. The summed E-state index contributed by atoms with van der Waals surface area (Å²) >= 11 is 0. The van der Waals surface area contributed by atoms with Crippen molar-refractivity contribution in [1.29, 1.82) is 0 Å². The Morgan fingerprint density at radius 2 is 2.21 bits per heavy atom. The van der Waals surface area contributed by atoms with Gasteiger partial charge in [0, 0.05) is 46.0 Å². The summed E-state index contributed by atoms with van der Waals surface area (Å²) in [6.45, 7) is 7.62. The van der Waals surface area contributed by atoms with Gasteiger partial charge in [-0.1, -0.05) is 0 Å². The van der Waals surface area contributed by atoms with Crippen LogP contribution in [0, 0.1) is 6.92 Å². The lowest BCUT2D eigenvalue weighted by atomic mass is 10.3. The van der Waals surface area contributed by atoms with Crippen molar-refractivity contribution in [1.82, 2.24) is 30.3 Å². The van der Waals surface area contributed by atoms with Crippen LogP contribution in [0.5, 0.6) is 0 Å². The molecule has 130 valence electrons. The Hall–Kier alpha value is -2.19. The minimum atomic E-state index is -0.188. The van der Waals surface area contributed by atoms with Crippen LogP contribution in [-0.2, 0) is 7.05 Å². The van der Waals surface area contributed by atoms with Crippen LogP contribution in [0.4, 0.5) is 0 Å². The Balaban J connectivity index is 1.50. The van der Waals surface area contributed by atoms with Crippen molar-refractivity contribution in [2.24, 2.45) is 7.05 Å². The molecule has 0 aliphatic carbocycles. The van der Waals surface area contributed by atoms with E-state index >= 15 is 0 Å². The molecule has 8 heteroatoms. The number of oxazole rings is 1. The van der Waals surface area contributed by atoms with Crippen LogP contribution < -0.4 is 10.6 Å². The van der Waals surface area contributed by atoms with Crippen LogP contribution in [0.2, 0.25) is 0 Å². The van der Waals surface area contributed by atoms with Crippen LogP contribution >= 0.6 is 0 Å². The first kappa shape index (κ1) is 16.7. The highest BCUT2D eigenvalue weighted by molar-refractivity contribution is 5.93. The van der Waals surface area contributed by atoms with E-state index in [1.54, 1.807) is 24.0 Å². The molecule has 1 aliphatic rings. The fourth-order valence-electron chi connectivity index (χ4n) is 2.79. The summed E-state index contributed by atoms with van der Waals surface area (Å²) in [6, 6.07) is 0. The number of piperazine rings is 1. The summed E-state index contributed by atoms with van der Waals surface area (Å²) in [5.74, 6) is 0.756. The molecule has 1 aliphatic heterocycles. The van der Waals surface area contributed by atoms with E-state index in [0.717, 1.165) is 44.7 Å². The molecule has 24 heavy (non-hydrogen) atoms. The third-order valence-electron chi connectivity index (χ3n) is 4.11. The Morgan fingerprint density at radius 3 is 2.92 bits per heavy atom. The van der Waals surface area contributed by atoms with Crippen molar-refractivity contribution in [3.63, 3.8) is 0 Å². The molecule has 1 amide bonds. The summed E-state index contributed by atoms with van der Waals surface area (Å²) in [4.78, 5) is 19.0. The number of hydrogen-bond donors (Lipinski definition) is 2. The lowest BCUT2D eigenvalue weighted by molar-refractivity contribution is 0.0945. The number of rotatable bonds is 6. The van der Waals surface area contributed by atoms with Gasteiger partial charge in [-0.3, -0.25) is 9.48 Å². The van der Waals surface area contributed by atoms with E-state index < -0.39 is 0 Å². The first-order valence-electron chi connectivity index (χ1n) is 8.31. The molecule has 0 radical (unpaired) electrons. The van der Waals surface area contributed by atoms with Gasteiger partial charge in [0.25, 0.3) is 5.91 Å². The zero-order valence-corrected chi connectivity index (χ0v) is 14.2. The Morgan fingerprint density at radius 1 is 1.42 bits per heavy atom. The van der Waals surface area contributed by atoms with E-state index in [2.05, 4.69) is 25.6 Å². The quantitative estimate of drug-likeness (QED) is 0.745. The molecular weight excluding hydrogens is 308 g/mol. The van der Waals surface area contributed by atoms with Crippen LogP contribution in [-0.4, -0.2) is 64.8 Å². The third kappa shape index (κ3) is 4.01. The van der Waals surface area contributed by atoms with E-state index in [4.69, 9.17) is 4.42 Å². The fourth-order valence-corrected chi connectivity index (χ4v) is 2.79. The fraction of sp³-hybridized carbons (Fsp3) is 0.562. The summed E-state index contributed by atoms with van der Waals surface area (Å²) in [5, 5.41) is 10.3. The first-order valence-corrected chi connectivity index (χ1v) is 8.31. The highest BCUT2D eigenvalue weighted by atomic mass is 16.4. The smallest absolute Gasteiger partial charge is 0.273 e. The maximum absolute atomic E-state index is 12.3. The molecule has 0 unspecified atom stereocenters. The van der Waals surface area contributed by atoms with Gasteiger partial charge < -0.3 is 20.0 Å². The number of hydrogen-bond acceptors (Lipinski definition) is 6. The molecule has 0 aromatic carbocycles. The van der Waals surface area contributed by atoms with Crippen LogP contribution in [0.25, 0.3) is 11.5 Å². The standard InChI is InChI=1S/C16H24N6O2/c1-12-14(20-16(24-12)13-10-19-21(2)11-13)15(23)18-4-3-7-22-8-5-17-6-9-22/h10-11,17H,3-9H2,1-2H3,(H,18,23). The van der Waals surface area contributed by atoms with Crippen LogP contribution in [0.15, 0.2) is 16.8 Å². The molecule has 2 N–H and O–H groups in total. The minimum absolute atomic E-state index is 0.188. The number of carbonyl (C=O) groups is 1. The largest absolute Gasteiger partial charge is 0.440 e. The molecule has 1 fully saturated rings. The van der Waals surface area contributed by atoms with Gasteiger partial charge in [-0.05, 0) is 19.9 Å². The maximum Gasteiger partial charge on any atom is 0.273 e. The van der Waals surface area contributed by atoms with Crippen molar-refractivity contribution in [3.8, 4) is 11.5 Å². The maximum atomic E-state index is 12.3. The lowest BCUT2D eigenvalue weighted by Crippen LogP contribution is -2.44. The summed E-state index contributed by atoms with van der Waals surface area (Å²) in [6.07, 6.45) is 4.40. The average molecular weight is 332 g/mol. The Labute approximate surface area is 141 Å². The normalized spacial score (nSPS) is 15.6. The van der Waals surface area contributed by atoms with Crippen LogP contribution in [0.1, 0.15) is 22.7 Å². The molecule has 8 nitrogen and oxygen atoms in total. The predicted octanol–water partition coefficient (Wildman–Crippen LogP) is 0.409. The van der Waals surface area contributed by atoms with Gasteiger partial charge in [0.1, 0.15) is 5.76 Å². The highest BCUT2D eigenvalue weighted by Crippen LogP contribution is 2.20. The second-order valence-electron chi connectivity index (χ2n) is 6.03. The van der Waals surface area contributed by atoms with Crippen molar-refractivity contribution < 1.29 is 9.21 Å². The molecule has 0 spiro atoms. The second-order valence-corrected chi connectivity index (χ2v) is 6.03. The van der Waals surface area contributed by atoms with Gasteiger partial charge in [-0.25, -0.2) is 4.98 Å². The first-order chi connectivity index (χ1) is 11.6. The molecule has 1 saturated heterocycles. The molecule has 0 atom stereocenters. The van der Waals surface area contributed by atoms with Crippen molar-refractivity contribution >= 4 is 5.91 Å². The van der Waals surface area contributed by atoms with Crippen molar-refractivity contribution in [3.05, 3.63) is 23.8 Å². The van der Waals surface area contributed by atoms with Crippen LogP contribution in [0.3, 0.4) is 0 Å². The van der Waals surface area contributed by atoms with Gasteiger partial charge >= 0.3 is 0 Å². The van der Waals surface area contributed by atoms with Crippen molar-refractivity contribution in [2.75, 3.05) is 39.3 Å². The molecule has 2 aromatic heterocycles. The van der Waals surface area contributed by atoms with E-state index in [1.807, 2.05) is 7.05 Å². The molecule has 0 bridgehead atoms. The molecule has 2 aromatic rings. The highest BCUT2D eigenvalue weighted by Gasteiger charge is 2.18. The topological polar surface area (TPSA) is 88.2 Å². The molecule has 0 saturated carbocycles. The third-order valence-corrected chi connectivity index (χ3v) is 4.11. The second kappa shape index (κ2) is 7.59. The SMILES string of the molecule is Cc1oc(-c2cnn(C)c2)nc1C(=O)NCCCN1CCNCC1. The molecule has 3 heterocycles. The summed E-state index contributed by atoms with van der Waals surface area (Å²) in [7, 11) is 1.82. The van der Waals surface area contributed by atoms with Gasteiger partial charge in [0.05, 0.1) is 11.8 Å². The lowest BCUT2D eigenvalue weighted by Gasteiger charge is -2.26. The number of carbonyl (C=O) groups excluding carboxylic acids is 1. The van der Waals surface area contributed by atoms with Gasteiger partial charge in [-0.2, -0.15) is 5.10 Å². The number of aromatic nitrogens is 3. The van der Waals surface area contributed by atoms with Gasteiger partial charge in [-0.15, -0.1) is 0 Å². The minimum Gasteiger partial charge on any atom is -0.440 e. The zero-order chi connectivity index (χ0) is 16.9. The predicted molar refractivity (Wildman–Crippen MR) is 89.7 cm³/mol. The number of nitrogens with one attached hydrogen (secondary N) is 2. The Bertz CT molecular complexity index is 687. The molecule has 3 rings (SSSR count). The van der Waals surface area contributed by atoms with Gasteiger partial charge in [0.15, 0.2) is 5.69 Å². The van der Waals surface area contributed by atoms with E-state index in [0.29, 0.717) is 23.9 Å². The Kier molecular flexibility index (Phi) is 5.27. The monoisotopic (exact) mass is 332 g/mol. The van der Waals surface area contributed by atoms with E-state index in [9.17, 15) is 4.79 Å². The van der Waals surface area contributed by atoms with E-state index in [1.165, 1.54) is 0 Å². The number of nitrogens with zero attached hydrogens (tertiary/aromatic N) is 4. The molecular formula is C16H24N6O2. The summed E-state index contributed by atoms with van der Waals surface area (Å²) < 4.78 is 7.27.